The molecule has 7 heteroatoms. The minimum Gasteiger partial charge on any atom is -0.463 e. The molecule has 2 amide bonds. The van der Waals surface area contributed by atoms with Crippen molar-refractivity contribution in [3.8, 4) is 0 Å². The zero-order chi connectivity index (χ0) is 25.6. The molecule has 1 N–H and O–H groups in total. The smallest absolute Gasteiger partial charge is 0.333 e. The van der Waals surface area contributed by atoms with Gasteiger partial charge in [0.05, 0.1) is 18.7 Å². The number of esters is 1. The van der Waals surface area contributed by atoms with E-state index in [-0.39, 0.29) is 35.8 Å². The molecule has 34 heavy (non-hydrogen) atoms. The summed E-state index contributed by atoms with van der Waals surface area (Å²) < 4.78 is 5.12. The number of likely N-dealkylation sites (N-methyl/N-ethyl adjacent to an activating group) is 1. The third kappa shape index (κ3) is 7.06. The van der Waals surface area contributed by atoms with Crippen LogP contribution in [0.2, 0.25) is 0 Å². The average molecular weight is 478 g/mol. The zero-order valence-corrected chi connectivity index (χ0v) is 22.6. The van der Waals surface area contributed by atoms with Crippen LogP contribution >= 0.6 is 0 Å². The third-order valence-corrected chi connectivity index (χ3v) is 7.29. The first-order chi connectivity index (χ1) is 15.9. The Labute approximate surface area is 206 Å². The lowest BCUT2D eigenvalue weighted by atomic mass is 9.84. The molecule has 0 spiro atoms. The van der Waals surface area contributed by atoms with Crippen LogP contribution in [-0.4, -0.2) is 72.0 Å². The molecule has 1 aliphatic heterocycles. The van der Waals surface area contributed by atoms with Crippen molar-refractivity contribution < 1.29 is 19.1 Å². The Kier molecular flexibility index (Phi) is 10.2. The summed E-state index contributed by atoms with van der Waals surface area (Å²) in [5.41, 5.74) is 0.0215. The van der Waals surface area contributed by atoms with E-state index in [4.69, 9.17) is 4.74 Å². The molecule has 0 aromatic heterocycles. The SMILES string of the molecule is CCOC(=O)/C(C)=C/[C@H](C(C)C)N(C)C(=O)C(NC(=O)C1CCCCN1C1CCC1)C(C)(C)C. The average Bonchev–Trinajstić information content (AvgIpc) is 2.72. The Hall–Kier alpha value is -1.89. The summed E-state index contributed by atoms with van der Waals surface area (Å²) >= 11 is 0. The molecule has 1 heterocycles. The lowest BCUT2D eigenvalue weighted by Crippen LogP contribution is -2.61. The van der Waals surface area contributed by atoms with Gasteiger partial charge in [0.1, 0.15) is 6.04 Å². The summed E-state index contributed by atoms with van der Waals surface area (Å²) in [6.45, 7) is 14.8. The summed E-state index contributed by atoms with van der Waals surface area (Å²) in [4.78, 5) is 43.5. The molecule has 3 atom stereocenters. The molecule has 0 aromatic rings. The fraction of sp³-hybridized carbons (Fsp3) is 0.815. The highest BCUT2D eigenvalue weighted by Crippen LogP contribution is 2.31. The second-order valence-electron chi connectivity index (χ2n) is 11.4. The predicted molar refractivity (Wildman–Crippen MR) is 135 cm³/mol. The molecule has 2 fully saturated rings. The molecule has 2 unspecified atom stereocenters. The number of likely N-dealkylation sites (tertiary alicyclic amines) is 1. The Balaban J connectivity index is 2.22. The van der Waals surface area contributed by atoms with Crippen LogP contribution in [-0.2, 0) is 19.1 Å². The maximum Gasteiger partial charge on any atom is 0.333 e. The van der Waals surface area contributed by atoms with Gasteiger partial charge in [-0.1, -0.05) is 53.5 Å². The fourth-order valence-electron chi connectivity index (χ4n) is 4.95. The van der Waals surface area contributed by atoms with Gasteiger partial charge in [-0.15, -0.1) is 0 Å². The number of nitrogens with one attached hydrogen (secondary N) is 1. The van der Waals surface area contributed by atoms with Gasteiger partial charge < -0.3 is 15.0 Å². The van der Waals surface area contributed by atoms with Gasteiger partial charge in [-0.3, -0.25) is 14.5 Å². The highest BCUT2D eigenvalue weighted by Gasteiger charge is 2.41. The van der Waals surface area contributed by atoms with Gasteiger partial charge in [0.15, 0.2) is 0 Å². The van der Waals surface area contributed by atoms with E-state index < -0.39 is 11.5 Å². The molecular formula is C27H47N3O4. The van der Waals surface area contributed by atoms with E-state index in [0.29, 0.717) is 18.2 Å². The number of hydrogen-bond acceptors (Lipinski definition) is 5. The predicted octanol–water partition coefficient (Wildman–Crippen LogP) is 3.92. The summed E-state index contributed by atoms with van der Waals surface area (Å²) in [6.07, 6.45) is 8.39. The number of rotatable bonds is 9. The Morgan fingerprint density at radius 3 is 2.26 bits per heavy atom. The van der Waals surface area contributed by atoms with Crippen molar-refractivity contribution >= 4 is 17.8 Å². The number of carbonyl (C=O) groups excluding carboxylic acids is 3. The molecule has 2 rings (SSSR count). The quantitative estimate of drug-likeness (QED) is 0.402. The molecule has 1 aliphatic carbocycles. The standard InChI is InChI=1S/C27H47N3O4/c1-9-34-26(33)19(4)17-22(18(2)3)29(8)25(32)23(27(5,6)7)28-24(31)21-15-10-11-16-30(21)20-13-12-14-20/h17-18,20-23H,9-16H2,1-8H3,(H,28,31)/b19-17+/t21?,22-,23?/m1/s1. The highest BCUT2D eigenvalue weighted by atomic mass is 16.5. The van der Waals surface area contributed by atoms with E-state index in [2.05, 4.69) is 10.2 Å². The zero-order valence-electron chi connectivity index (χ0n) is 22.6. The fourth-order valence-corrected chi connectivity index (χ4v) is 4.95. The van der Waals surface area contributed by atoms with Gasteiger partial charge in [0, 0.05) is 18.7 Å². The first-order valence-electron chi connectivity index (χ1n) is 13.1. The van der Waals surface area contributed by atoms with Crippen LogP contribution in [0.4, 0.5) is 0 Å². The lowest BCUT2D eigenvalue weighted by Gasteiger charge is -2.45. The number of amides is 2. The van der Waals surface area contributed by atoms with Crippen LogP contribution in [0.15, 0.2) is 11.6 Å². The van der Waals surface area contributed by atoms with Gasteiger partial charge in [0.2, 0.25) is 11.8 Å². The van der Waals surface area contributed by atoms with Crippen LogP contribution in [0.3, 0.4) is 0 Å². The summed E-state index contributed by atoms with van der Waals surface area (Å²) in [7, 11) is 1.76. The van der Waals surface area contributed by atoms with Crippen LogP contribution in [0, 0.1) is 11.3 Å². The molecular weight excluding hydrogens is 430 g/mol. The van der Waals surface area contributed by atoms with Gasteiger partial charge in [-0.25, -0.2) is 4.79 Å². The topological polar surface area (TPSA) is 79.0 Å². The van der Waals surface area contributed by atoms with Gasteiger partial charge in [-0.05, 0) is 57.4 Å². The van der Waals surface area contributed by atoms with E-state index in [1.165, 1.54) is 6.42 Å². The molecule has 1 saturated carbocycles. The number of carbonyl (C=O) groups is 3. The van der Waals surface area contributed by atoms with E-state index in [0.717, 1.165) is 38.6 Å². The minimum absolute atomic E-state index is 0.0346. The maximum absolute atomic E-state index is 13.8. The molecule has 194 valence electrons. The van der Waals surface area contributed by atoms with Crippen LogP contribution in [0.5, 0.6) is 0 Å². The lowest BCUT2D eigenvalue weighted by molar-refractivity contribution is -0.142. The number of ether oxygens (including phenoxy) is 1. The summed E-state index contributed by atoms with van der Waals surface area (Å²) in [5, 5.41) is 3.15. The van der Waals surface area contributed by atoms with Crippen LogP contribution in [0.25, 0.3) is 0 Å². The Bertz CT molecular complexity index is 751. The van der Waals surface area contributed by atoms with Crippen molar-refractivity contribution in [3.05, 3.63) is 11.6 Å². The third-order valence-electron chi connectivity index (χ3n) is 7.29. The van der Waals surface area contributed by atoms with Crippen molar-refractivity contribution in [3.63, 3.8) is 0 Å². The molecule has 2 aliphatic rings. The normalized spacial score (nSPS) is 22.0. The van der Waals surface area contributed by atoms with E-state index >= 15 is 0 Å². The van der Waals surface area contributed by atoms with Crippen molar-refractivity contribution in [2.45, 2.75) is 111 Å². The van der Waals surface area contributed by atoms with E-state index in [1.807, 2.05) is 40.7 Å². The molecule has 0 aromatic carbocycles. The van der Waals surface area contributed by atoms with Gasteiger partial charge in [0.25, 0.3) is 0 Å². The molecule has 7 nitrogen and oxygen atoms in total. The van der Waals surface area contributed by atoms with E-state index in [9.17, 15) is 14.4 Å². The van der Waals surface area contributed by atoms with Gasteiger partial charge in [-0.2, -0.15) is 0 Å². The first-order valence-corrected chi connectivity index (χ1v) is 13.1. The molecule has 1 saturated heterocycles. The molecule has 0 bridgehead atoms. The second-order valence-corrected chi connectivity index (χ2v) is 11.4. The number of piperidine rings is 1. The van der Waals surface area contributed by atoms with Crippen molar-refractivity contribution in [2.75, 3.05) is 20.2 Å². The maximum atomic E-state index is 13.8. The Morgan fingerprint density at radius 2 is 1.76 bits per heavy atom. The number of hydrogen-bond donors (Lipinski definition) is 1. The summed E-state index contributed by atoms with van der Waals surface area (Å²) in [5.74, 6) is -0.462. The second kappa shape index (κ2) is 12.2. The molecule has 0 radical (unpaired) electrons. The van der Waals surface area contributed by atoms with Crippen molar-refractivity contribution in [2.24, 2.45) is 11.3 Å². The van der Waals surface area contributed by atoms with Crippen molar-refractivity contribution in [1.82, 2.24) is 15.1 Å². The largest absolute Gasteiger partial charge is 0.463 e. The van der Waals surface area contributed by atoms with Crippen LogP contribution < -0.4 is 5.32 Å². The minimum atomic E-state index is -0.660. The first kappa shape index (κ1) is 28.3. The van der Waals surface area contributed by atoms with Crippen LogP contribution in [0.1, 0.15) is 87.0 Å². The van der Waals surface area contributed by atoms with E-state index in [1.54, 1.807) is 25.8 Å². The Morgan fingerprint density at radius 1 is 1.12 bits per heavy atom. The summed E-state index contributed by atoms with van der Waals surface area (Å²) in [6, 6.07) is -0.606. The number of nitrogens with zero attached hydrogens (tertiary/aromatic N) is 2. The highest BCUT2D eigenvalue weighted by molar-refractivity contribution is 5.91. The monoisotopic (exact) mass is 477 g/mol. The van der Waals surface area contributed by atoms with Gasteiger partial charge >= 0.3 is 5.97 Å². The van der Waals surface area contributed by atoms with Crippen molar-refractivity contribution in [1.29, 1.82) is 0 Å².